The van der Waals surface area contributed by atoms with Crippen molar-refractivity contribution in [2.75, 3.05) is 6.61 Å². The van der Waals surface area contributed by atoms with Crippen molar-refractivity contribution in [1.29, 1.82) is 0 Å². The zero-order chi connectivity index (χ0) is 25.7. The lowest BCUT2D eigenvalue weighted by Crippen LogP contribution is -2.58. The van der Waals surface area contributed by atoms with Gasteiger partial charge < -0.3 is 55.8 Å². The molecule has 34 heavy (non-hydrogen) atoms. The van der Waals surface area contributed by atoms with Crippen LogP contribution in [-0.2, 0) is 14.3 Å². The summed E-state index contributed by atoms with van der Waals surface area (Å²) in [5.41, 5.74) is -0.282. The Morgan fingerprint density at radius 1 is 0.941 bits per heavy atom. The minimum atomic E-state index is -1.82. The van der Waals surface area contributed by atoms with Crippen molar-refractivity contribution in [3.63, 3.8) is 0 Å². The molecule has 13 heteroatoms. The molecule has 1 aliphatic carbocycles. The summed E-state index contributed by atoms with van der Waals surface area (Å²) in [6.07, 6.45) is -6.00. The van der Waals surface area contributed by atoms with Crippen LogP contribution in [-0.4, -0.2) is 106 Å². The van der Waals surface area contributed by atoms with Crippen LogP contribution < -0.4 is 0 Å². The van der Waals surface area contributed by atoms with Gasteiger partial charge in [-0.1, -0.05) is 12.1 Å². The van der Waals surface area contributed by atoms with Crippen LogP contribution in [0, 0.1) is 0 Å². The number of carbonyl (C=O) groups excluding carboxylic acids is 2. The molecular formula is C21H24O13. The van der Waals surface area contributed by atoms with E-state index in [1.807, 2.05) is 0 Å². The average Bonchev–Trinajstić information content (AvgIpc) is 2.79. The number of aliphatic hydroxyl groups excluding tert-OH is 8. The Morgan fingerprint density at radius 3 is 2.18 bits per heavy atom. The molecule has 0 aromatic heterocycles. The Bertz CT molecular complexity index is 1010. The molecule has 3 rings (SSSR count). The van der Waals surface area contributed by atoms with Crippen molar-refractivity contribution in [3.8, 4) is 11.5 Å². The molecule has 0 radical (unpaired) electrons. The van der Waals surface area contributed by atoms with Gasteiger partial charge in [0, 0.05) is 6.08 Å². The molecule has 6 atom stereocenters. The highest BCUT2D eigenvalue weighted by atomic mass is 16.6. The van der Waals surface area contributed by atoms with Gasteiger partial charge in [0.15, 0.2) is 35.5 Å². The number of hydrogen-bond acceptors (Lipinski definition) is 13. The van der Waals surface area contributed by atoms with Crippen molar-refractivity contribution in [1.82, 2.24) is 0 Å². The van der Waals surface area contributed by atoms with E-state index >= 15 is 0 Å². The van der Waals surface area contributed by atoms with E-state index in [4.69, 9.17) is 30.6 Å². The number of benzene rings is 1. The maximum absolute atomic E-state index is 11.9. The summed E-state index contributed by atoms with van der Waals surface area (Å²) in [5.74, 6) is -4.18. The van der Waals surface area contributed by atoms with Crippen LogP contribution in [0.15, 0.2) is 47.4 Å². The molecule has 186 valence electrons. The zero-order valence-corrected chi connectivity index (χ0v) is 17.3. The minimum absolute atomic E-state index is 0.324. The van der Waals surface area contributed by atoms with E-state index in [2.05, 4.69) is 4.74 Å². The molecule has 1 heterocycles. The zero-order valence-electron chi connectivity index (χ0n) is 17.3. The lowest BCUT2D eigenvalue weighted by Gasteiger charge is -2.37. The van der Waals surface area contributed by atoms with Crippen LogP contribution in [0.25, 0.3) is 6.08 Å². The standard InChI is InChI=1S/C15H12O7.C6H12O6/c16-8-3-1-7(5-10(8)18)2-4-9(17)13-11(19)6-12(20)14(21)15(13)22;7-1-2-3(8)4(9)5(10)6(11)12-2/h1-6,14,16,18,20-22H;2-11H,1H2/b4-2+;/t;2-,3-,4+,5-,6-/m.1/s1. The Morgan fingerprint density at radius 2 is 1.59 bits per heavy atom. The van der Waals surface area contributed by atoms with Crippen LogP contribution >= 0.6 is 0 Å². The second-order valence-electron chi connectivity index (χ2n) is 7.26. The molecule has 1 unspecified atom stereocenters. The molecule has 0 bridgehead atoms. The van der Waals surface area contributed by atoms with E-state index in [1.165, 1.54) is 24.3 Å². The van der Waals surface area contributed by atoms with Gasteiger partial charge in [-0.15, -0.1) is 0 Å². The van der Waals surface area contributed by atoms with Crippen LogP contribution in [0.4, 0.5) is 0 Å². The Kier molecular flexibility index (Phi) is 8.89. The Hall–Kier alpha value is -3.30. The highest BCUT2D eigenvalue weighted by Gasteiger charge is 2.42. The summed E-state index contributed by atoms with van der Waals surface area (Å²) in [6, 6.07) is 3.82. The SMILES string of the molecule is O=C1C=C(O)C(O)C(O)=C1C(=O)/C=C/c1ccc(O)c(O)c1.OC[C@H]1O[C@@H](O)[C@H](O)[C@@H](O)[C@@H]1O. The topological polar surface area (TPSA) is 246 Å². The largest absolute Gasteiger partial charge is 0.509 e. The van der Waals surface area contributed by atoms with Crippen molar-refractivity contribution in [2.24, 2.45) is 0 Å². The van der Waals surface area contributed by atoms with Gasteiger partial charge in [0.2, 0.25) is 0 Å². The van der Waals surface area contributed by atoms with E-state index in [0.717, 1.165) is 6.08 Å². The third kappa shape index (κ3) is 5.98. The van der Waals surface area contributed by atoms with Gasteiger partial charge in [-0.25, -0.2) is 0 Å². The summed E-state index contributed by atoms with van der Waals surface area (Å²) in [5, 5.41) is 91.4. The van der Waals surface area contributed by atoms with Gasteiger partial charge in [-0.05, 0) is 23.8 Å². The number of carbonyl (C=O) groups is 2. The average molecular weight is 484 g/mol. The smallest absolute Gasteiger partial charge is 0.196 e. The van der Waals surface area contributed by atoms with Crippen molar-refractivity contribution >= 4 is 17.6 Å². The summed E-state index contributed by atoms with van der Waals surface area (Å²) in [4.78, 5) is 23.6. The van der Waals surface area contributed by atoms with E-state index in [1.54, 1.807) is 0 Å². The molecule has 1 aromatic carbocycles. The second kappa shape index (κ2) is 11.2. The summed E-state index contributed by atoms with van der Waals surface area (Å²) < 4.78 is 4.58. The van der Waals surface area contributed by atoms with Gasteiger partial charge in [0.25, 0.3) is 0 Å². The van der Waals surface area contributed by atoms with E-state index in [0.29, 0.717) is 11.6 Å². The normalized spacial score (nSPS) is 29.5. The molecular weight excluding hydrogens is 460 g/mol. The summed E-state index contributed by atoms with van der Waals surface area (Å²) in [6.45, 7) is -0.526. The highest BCUT2D eigenvalue weighted by Crippen LogP contribution is 2.26. The van der Waals surface area contributed by atoms with Gasteiger partial charge in [-0.2, -0.15) is 0 Å². The lowest BCUT2D eigenvalue weighted by atomic mass is 9.95. The van der Waals surface area contributed by atoms with Crippen LogP contribution in [0.5, 0.6) is 11.5 Å². The fourth-order valence-corrected chi connectivity index (χ4v) is 2.92. The first-order valence-electron chi connectivity index (χ1n) is 9.68. The number of ketones is 2. The van der Waals surface area contributed by atoms with Gasteiger partial charge in [0.05, 0.1) is 6.61 Å². The summed E-state index contributed by atoms with van der Waals surface area (Å²) >= 11 is 0. The minimum Gasteiger partial charge on any atom is -0.509 e. The first kappa shape index (κ1) is 26.9. The number of ether oxygens (including phenoxy) is 1. The molecule has 0 saturated carbocycles. The summed E-state index contributed by atoms with van der Waals surface area (Å²) in [7, 11) is 0. The van der Waals surface area contributed by atoms with Gasteiger partial charge in [0.1, 0.15) is 41.5 Å². The Balaban J connectivity index is 0.000000287. The first-order chi connectivity index (χ1) is 15.9. The molecule has 2 aliphatic rings. The van der Waals surface area contributed by atoms with Crippen LogP contribution in [0.1, 0.15) is 5.56 Å². The molecule has 0 spiro atoms. The quantitative estimate of drug-likeness (QED) is 0.122. The lowest BCUT2D eigenvalue weighted by molar-refractivity contribution is -0.286. The number of allylic oxidation sites excluding steroid dienone is 3. The van der Waals surface area contributed by atoms with E-state index in [9.17, 15) is 30.0 Å². The molecule has 1 aromatic rings. The third-order valence-electron chi connectivity index (χ3n) is 4.86. The predicted octanol–water partition coefficient (Wildman–Crippen LogP) is -2.34. The number of aromatic hydroxyl groups is 2. The molecule has 1 saturated heterocycles. The number of aliphatic hydroxyl groups is 8. The van der Waals surface area contributed by atoms with Gasteiger partial charge >= 0.3 is 0 Å². The van der Waals surface area contributed by atoms with E-state index in [-0.39, 0.29) is 11.5 Å². The fourth-order valence-electron chi connectivity index (χ4n) is 2.92. The monoisotopic (exact) mass is 484 g/mol. The Labute approximate surface area is 191 Å². The van der Waals surface area contributed by atoms with Crippen molar-refractivity contribution < 1.29 is 65.4 Å². The van der Waals surface area contributed by atoms with Gasteiger partial charge in [-0.3, -0.25) is 9.59 Å². The number of rotatable bonds is 4. The maximum atomic E-state index is 11.9. The molecule has 1 aliphatic heterocycles. The predicted molar refractivity (Wildman–Crippen MR) is 111 cm³/mol. The fraction of sp³-hybridized carbons (Fsp3) is 0.333. The number of phenols is 2. The number of phenolic OH excluding ortho intramolecular Hbond substituents is 2. The van der Waals surface area contributed by atoms with E-state index < -0.39 is 72.1 Å². The number of hydrogen-bond donors (Lipinski definition) is 10. The van der Waals surface area contributed by atoms with Crippen molar-refractivity contribution in [3.05, 3.63) is 53.0 Å². The molecule has 10 N–H and O–H groups in total. The third-order valence-corrected chi connectivity index (χ3v) is 4.86. The second-order valence-corrected chi connectivity index (χ2v) is 7.26. The van der Waals surface area contributed by atoms with Crippen molar-refractivity contribution in [2.45, 2.75) is 36.8 Å². The molecule has 13 nitrogen and oxygen atoms in total. The van der Waals surface area contributed by atoms with Crippen LogP contribution in [0.3, 0.4) is 0 Å². The molecule has 1 fully saturated rings. The maximum Gasteiger partial charge on any atom is 0.196 e. The highest BCUT2D eigenvalue weighted by molar-refractivity contribution is 6.29. The first-order valence-corrected chi connectivity index (χ1v) is 9.68. The molecule has 0 amide bonds. The van der Waals surface area contributed by atoms with Crippen LogP contribution in [0.2, 0.25) is 0 Å².